The van der Waals surface area contributed by atoms with E-state index in [0.717, 1.165) is 12.0 Å². The lowest BCUT2D eigenvalue weighted by molar-refractivity contribution is -0.133. The second-order valence-corrected chi connectivity index (χ2v) is 4.00. The molecule has 1 unspecified atom stereocenters. The van der Waals surface area contributed by atoms with Crippen LogP contribution in [0.25, 0.3) is 0 Å². The number of hydrogen-bond donors (Lipinski definition) is 2. The maximum absolute atomic E-state index is 11.7. The Morgan fingerprint density at radius 3 is 2.35 bits per heavy atom. The van der Waals surface area contributed by atoms with E-state index in [1.807, 2.05) is 37.3 Å². The molecule has 0 bridgehead atoms. The minimum Gasteiger partial charge on any atom is -0.369 e. The monoisotopic (exact) mass is 234 g/mol. The van der Waals surface area contributed by atoms with Gasteiger partial charge in [0.15, 0.2) is 0 Å². The molecule has 0 aromatic heterocycles. The Bertz CT molecular complexity index is 390. The van der Waals surface area contributed by atoms with Crippen molar-refractivity contribution < 1.29 is 9.59 Å². The van der Waals surface area contributed by atoms with E-state index in [0.29, 0.717) is 0 Å². The van der Waals surface area contributed by atoms with Crippen molar-refractivity contribution in [2.75, 3.05) is 0 Å². The van der Waals surface area contributed by atoms with Gasteiger partial charge in [0, 0.05) is 0 Å². The smallest absolute Gasteiger partial charge is 0.232 e. The number of primary amides is 1. The Labute approximate surface area is 101 Å². The molecule has 0 saturated heterocycles. The third-order valence-corrected chi connectivity index (χ3v) is 2.75. The van der Waals surface area contributed by atoms with Gasteiger partial charge >= 0.3 is 0 Å². The molecular weight excluding hydrogens is 216 g/mol. The Hall–Kier alpha value is -1.84. The van der Waals surface area contributed by atoms with Crippen molar-refractivity contribution in [2.24, 2.45) is 11.7 Å². The number of hydrogen-bond acceptors (Lipinski definition) is 2. The first-order valence-corrected chi connectivity index (χ1v) is 5.71. The molecule has 0 aliphatic rings. The molecule has 1 rings (SSSR count). The van der Waals surface area contributed by atoms with Gasteiger partial charge in [-0.15, -0.1) is 0 Å². The van der Waals surface area contributed by atoms with Crippen LogP contribution < -0.4 is 11.1 Å². The van der Waals surface area contributed by atoms with Crippen LogP contribution >= 0.6 is 0 Å². The fraction of sp³-hybridized carbons (Fsp3) is 0.385. The van der Waals surface area contributed by atoms with Crippen LogP contribution in [0.1, 0.15) is 31.9 Å². The lowest BCUT2D eigenvalue weighted by atomic mass is 10.0. The molecule has 0 radical (unpaired) electrons. The summed E-state index contributed by atoms with van der Waals surface area (Å²) in [5.74, 6) is -1.73. The molecule has 4 heteroatoms. The highest BCUT2D eigenvalue weighted by Crippen LogP contribution is 2.16. The van der Waals surface area contributed by atoms with E-state index in [-0.39, 0.29) is 11.9 Å². The van der Waals surface area contributed by atoms with Crippen LogP contribution in [-0.4, -0.2) is 11.8 Å². The molecule has 0 aliphatic carbocycles. The summed E-state index contributed by atoms with van der Waals surface area (Å²) in [6, 6.07) is 9.57. The Balaban J connectivity index is 2.71. The zero-order chi connectivity index (χ0) is 12.8. The van der Waals surface area contributed by atoms with Crippen LogP contribution in [0.4, 0.5) is 0 Å². The van der Waals surface area contributed by atoms with Gasteiger partial charge in [-0.3, -0.25) is 9.59 Å². The zero-order valence-electron chi connectivity index (χ0n) is 10.1. The van der Waals surface area contributed by atoms with Gasteiger partial charge in [-0.05, 0) is 18.9 Å². The minimum atomic E-state index is -0.798. The highest BCUT2D eigenvalue weighted by atomic mass is 16.2. The Kier molecular flexibility index (Phi) is 4.69. The Morgan fingerprint density at radius 1 is 1.29 bits per heavy atom. The molecule has 92 valence electrons. The first kappa shape index (κ1) is 13.2. The van der Waals surface area contributed by atoms with E-state index >= 15 is 0 Å². The van der Waals surface area contributed by atoms with Crippen molar-refractivity contribution in [3.63, 3.8) is 0 Å². The molecule has 0 aliphatic heterocycles. The maximum Gasteiger partial charge on any atom is 0.232 e. The summed E-state index contributed by atoms with van der Waals surface area (Å²) in [4.78, 5) is 22.6. The highest BCUT2D eigenvalue weighted by molar-refractivity contribution is 5.99. The quantitative estimate of drug-likeness (QED) is 0.755. The molecule has 1 aromatic carbocycles. The van der Waals surface area contributed by atoms with Gasteiger partial charge in [0.05, 0.1) is 6.04 Å². The predicted molar refractivity (Wildman–Crippen MR) is 66.0 cm³/mol. The number of carbonyl (C=O) groups excluding carboxylic acids is 2. The largest absolute Gasteiger partial charge is 0.369 e. The summed E-state index contributed by atoms with van der Waals surface area (Å²) in [6.07, 6.45) is 0.765. The molecule has 2 amide bonds. The van der Waals surface area contributed by atoms with Gasteiger partial charge in [-0.1, -0.05) is 37.3 Å². The van der Waals surface area contributed by atoms with Crippen LogP contribution in [0, 0.1) is 5.92 Å². The molecule has 1 aromatic rings. The van der Waals surface area contributed by atoms with E-state index in [1.54, 1.807) is 0 Å². The Morgan fingerprint density at radius 2 is 1.88 bits per heavy atom. The predicted octanol–water partition coefficient (Wildman–Crippen LogP) is 1.38. The third-order valence-electron chi connectivity index (χ3n) is 2.75. The topological polar surface area (TPSA) is 72.2 Å². The summed E-state index contributed by atoms with van der Waals surface area (Å²) in [6.45, 7) is 3.49. The SMILES string of the molecule is CC[C@@H](NC(=O)C(C)C(N)=O)c1ccccc1. The maximum atomic E-state index is 11.7. The summed E-state index contributed by atoms with van der Waals surface area (Å²) in [5, 5.41) is 2.82. The van der Waals surface area contributed by atoms with Crippen LogP contribution in [0.3, 0.4) is 0 Å². The number of rotatable bonds is 5. The van der Waals surface area contributed by atoms with Crippen LogP contribution in [0.5, 0.6) is 0 Å². The second kappa shape index (κ2) is 6.03. The number of nitrogens with two attached hydrogens (primary N) is 1. The van der Waals surface area contributed by atoms with Crippen molar-refractivity contribution in [1.82, 2.24) is 5.32 Å². The molecule has 0 spiro atoms. The third kappa shape index (κ3) is 3.59. The van der Waals surface area contributed by atoms with Gasteiger partial charge in [-0.2, -0.15) is 0 Å². The van der Waals surface area contributed by atoms with E-state index in [4.69, 9.17) is 5.73 Å². The zero-order valence-corrected chi connectivity index (χ0v) is 10.1. The lowest BCUT2D eigenvalue weighted by Gasteiger charge is -2.19. The average Bonchev–Trinajstić information content (AvgIpc) is 2.35. The van der Waals surface area contributed by atoms with Crippen molar-refractivity contribution in [2.45, 2.75) is 26.3 Å². The van der Waals surface area contributed by atoms with Crippen molar-refractivity contribution >= 4 is 11.8 Å². The van der Waals surface area contributed by atoms with Crippen LogP contribution in [0.15, 0.2) is 30.3 Å². The lowest BCUT2D eigenvalue weighted by Crippen LogP contribution is -2.38. The van der Waals surface area contributed by atoms with Crippen molar-refractivity contribution in [3.8, 4) is 0 Å². The van der Waals surface area contributed by atoms with E-state index < -0.39 is 11.8 Å². The normalized spacial score (nSPS) is 13.8. The fourth-order valence-electron chi connectivity index (χ4n) is 1.53. The minimum absolute atomic E-state index is 0.0782. The molecule has 0 heterocycles. The molecule has 4 nitrogen and oxygen atoms in total. The van der Waals surface area contributed by atoms with Gasteiger partial charge in [-0.25, -0.2) is 0 Å². The fourth-order valence-corrected chi connectivity index (χ4v) is 1.53. The molecule has 3 N–H and O–H groups in total. The summed E-state index contributed by atoms with van der Waals surface area (Å²) in [7, 11) is 0. The van der Waals surface area contributed by atoms with Crippen molar-refractivity contribution in [3.05, 3.63) is 35.9 Å². The molecule has 0 saturated carbocycles. The van der Waals surface area contributed by atoms with Gasteiger partial charge in [0.2, 0.25) is 11.8 Å². The summed E-state index contributed by atoms with van der Waals surface area (Å²) in [5.41, 5.74) is 6.12. The molecule has 0 fully saturated rings. The van der Waals surface area contributed by atoms with Crippen LogP contribution in [-0.2, 0) is 9.59 Å². The number of nitrogens with one attached hydrogen (secondary N) is 1. The highest BCUT2D eigenvalue weighted by Gasteiger charge is 2.21. The first-order valence-electron chi connectivity index (χ1n) is 5.71. The van der Waals surface area contributed by atoms with Crippen LogP contribution in [0.2, 0.25) is 0 Å². The van der Waals surface area contributed by atoms with E-state index in [2.05, 4.69) is 5.32 Å². The van der Waals surface area contributed by atoms with Gasteiger partial charge in [0.1, 0.15) is 5.92 Å². The van der Waals surface area contributed by atoms with Gasteiger partial charge < -0.3 is 11.1 Å². The molecular formula is C13H18N2O2. The molecule has 17 heavy (non-hydrogen) atoms. The standard InChI is InChI=1S/C13H18N2O2/c1-3-11(10-7-5-4-6-8-10)15-13(17)9(2)12(14)16/h4-9,11H,3H2,1-2H3,(H2,14,16)(H,15,17)/t9?,11-/m1/s1. The summed E-state index contributed by atoms with van der Waals surface area (Å²) < 4.78 is 0. The first-order chi connectivity index (χ1) is 8.06. The van der Waals surface area contributed by atoms with E-state index in [9.17, 15) is 9.59 Å². The summed E-state index contributed by atoms with van der Waals surface area (Å²) >= 11 is 0. The van der Waals surface area contributed by atoms with Crippen molar-refractivity contribution in [1.29, 1.82) is 0 Å². The van der Waals surface area contributed by atoms with E-state index in [1.165, 1.54) is 6.92 Å². The number of benzene rings is 1. The number of amides is 2. The molecule has 2 atom stereocenters. The second-order valence-electron chi connectivity index (χ2n) is 4.00. The number of carbonyl (C=O) groups is 2. The average molecular weight is 234 g/mol. The van der Waals surface area contributed by atoms with Gasteiger partial charge in [0.25, 0.3) is 0 Å².